The van der Waals surface area contributed by atoms with Crippen LogP contribution in [0.5, 0.6) is 0 Å². The van der Waals surface area contributed by atoms with Crippen LogP contribution in [0.1, 0.15) is 42.6 Å². The minimum atomic E-state index is -0.193. The van der Waals surface area contributed by atoms with Gasteiger partial charge in [0.05, 0.1) is 17.6 Å². The second-order valence-electron chi connectivity index (χ2n) is 7.62. The van der Waals surface area contributed by atoms with Gasteiger partial charge in [0.25, 0.3) is 5.91 Å². The van der Waals surface area contributed by atoms with E-state index in [1.807, 2.05) is 4.90 Å². The Kier molecular flexibility index (Phi) is 4.96. The molecule has 4 rings (SSSR count). The second-order valence-corrected chi connectivity index (χ2v) is 7.62. The van der Waals surface area contributed by atoms with Crippen molar-refractivity contribution in [1.82, 2.24) is 20.2 Å². The largest absolute Gasteiger partial charge is 0.368 e. The number of piperidine rings is 1. The summed E-state index contributed by atoms with van der Waals surface area (Å²) in [5.41, 5.74) is 4.68. The van der Waals surface area contributed by atoms with E-state index in [0.717, 1.165) is 68.8 Å². The number of aromatic nitrogens is 2. The van der Waals surface area contributed by atoms with Gasteiger partial charge in [0, 0.05) is 25.7 Å². The van der Waals surface area contributed by atoms with E-state index in [-0.39, 0.29) is 12.0 Å². The van der Waals surface area contributed by atoms with Crippen LogP contribution in [-0.4, -0.2) is 52.6 Å². The van der Waals surface area contributed by atoms with Crippen LogP contribution in [0.4, 0.5) is 0 Å². The third-order valence-electron chi connectivity index (χ3n) is 5.72. The van der Waals surface area contributed by atoms with Crippen molar-refractivity contribution in [1.29, 1.82) is 0 Å². The number of H-pyrrole nitrogens is 1. The van der Waals surface area contributed by atoms with Gasteiger partial charge in [-0.2, -0.15) is 0 Å². The van der Waals surface area contributed by atoms with Gasteiger partial charge >= 0.3 is 0 Å². The van der Waals surface area contributed by atoms with Gasteiger partial charge in [0.15, 0.2) is 0 Å². The first-order chi connectivity index (χ1) is 12.6. The molecule has 1 atom stereocenters. The van der Waals surface area contributed by atoms with Crippen molar-refractivity contribution < 1.29 is 9.53 Å². The highest BCUT2D eigenvalue weighted by Crippen LogP contribution is 2.20. The van der Waals surface area contributed by atoms with E-state index in [1.165, 1.54) is 11.1 Å². The molecule has 140 valence electrons. The molecule has 0 spiro atoms. The van der Waals surface area contributed by atoms with Crippen LogP contribution < -0.4 is 5.32 Å². The molecular weight excluding hydrogens is 328 g/mol. The fourth-order valence-corrected chi connectivity index (χ4v) is 3.93. The molecule has 1 aromatic heterocycles. The molecule has 0 radical (unpaired) electrons. The molecule has 2 aliphatic heterocycles. The number of aryl methyl sites for hydroxylation is 2. The van der Waals surface area contributed by atoms with Gasteiger partial charge in [-0.3, -0.25) is 4.79 Å². The van der Waals surface area contributed by atoms with Crippen LogP contribution in [0.15, 0.2) is 12.1 Å². The molecule has 2 N–H and O–H groups in total. The molecule has 26 heavy (non-hydrogen) atoms. The molecule has 1 amide bonds. The summed E-state index contributed by atoms with van der Waals surface area (Å²) in [5, 5.41) is 3.59. The van der Waals surface area contributed by atoms with E-state index >= 15 is 0 Å². The summed E-state index contributed by atoms with van der Waals surface area (Å²) in [6.07, 6.45) is 3.66. The molecule has 0 bridgehead atoms. The Morgan fingerprint density at radius 1 is 1.27 bits per heavy atom. The van der Waals surface area contributed by atoms with Crippen LogP contribution in [0.3, 0.4) is 0 Å². The molecule has 3 heterocycles. The molecule has 1 aromatic carbocycles. The molecule has 6 heteroatoms. The zero-order valence-corrected chi connectivity index (χ0v) is 15.7. The summed E-state index contributed by atoms with van der Waals surface area (Å²) in [4.78, 5) is 22.5. The van der Waals surface area contributed by atoms with Gasteiger partial charge in [-0.25, -0.2) is 4.98 Å². The molecule has 2 fully saturated rings. The van der Waals surface area contributed by atoms with Crippen molar-refractivity contribution in [2.24, 2.45) is 0 Å². The minimum Gasteiger partial charge on any atom is -0.368 e. The molecule has 2 aliphatic rings. The summed E-state index contributed by atoms with van der Waals surface area (Å²) in [5.74, 6) is 1.16. The number of aromatic amines is 1. The van der Waals surface area contributed by atoms with E-state index in [1.54, 1.807) is 0 Å². The van der Waals surface area contributed by atoms with Crippen LogP contribution in [-0.2, 0) is 16.1 Å². The second kappa shape index (κ2) is 7.37. The quantitative estimate of drug-likeness (QED) is 0.883. The van der Waals surface area contributed by atoms with E-state index in [2.05, 4.69) is 36.3 Å². The number of carbonyl (C=O) groups is 1. The number of amides is 1. The first-order valence-corrected chi connectivity index (χ1v) is 9.70. The van der Waals surface area contributed by atoms with Crippen LogP contribution >= 0.6 is 0 Å². The fraction of sp³-hybridized carbons (Fsp3) is 0.600. The van der Waals surface area contributed by atoms with E-state index < -0.39 is 0 Å². The maximum atomic E-state index is 12.4. The third kappa shape index (κ3) is 3.62. The highest BCUT2D eigenvalue weighted by Gasteiger charge is 2.30. The fourth-order valence-electron chi connectivity index (χ4n) is 3.93. The number of nitrogens with one attached hydrogen (secondary N) is 2. The molecule has 0 saturated carbocycles. The average Bonchev–Trinajstić information content (AvgIpc) is 3.30. The number of likely N-dealkylation sites (tertiary alicyclic amines) is 1. The summed E-state index contributed by atoms with van der Waals surface area (Å²) in [6.45, 7) is 7.33. The average molecular weight is 356 g/mol. The number of rotatable bonds is 4. The van der Waals surface area contributed by atoms with Gasteiger partial charge in [-0.05, 0) is 62.8 Å². The van der Waals surface area contributed by atoms with Crippen LogP contribution in [0.25, 0.3) is 11.0 Å². The smallest absolute Gasteiger partial charge is 0.251 e. The number of imidazole rings is 1. The van der Waals surface area contributed by atoms with Gasteiger partial charge in [-0.1, -0.05) is 0 Å². The predicted octanol–water partition coefficient (Wildman–Crippen LogP) is 2.44. The molecule has 0 unspecified atom stereocenters. The topological polar surface area (TPSA) is 70.2 Å². The van der Waals surface area contributed by atoms with Crippen LogP contribution in [0, 0.1) is 13.8 Å². The normalized spacial score (nSPS) is 21.6. The van der Waals surface area contributed by atoms with Gasteiger partial charge in [0.2, 0.25) is 0 Å². The first kappa shape index (κ1) is 17.5. The number of ether oxygens (including phenoxy) is 1. The van der Waals surface area contributed by atoms with Gasteiger partial charge in [0.1, 0.15) is 11.9 Å². The standard InChI is InChI=1S/C20H28N4O2/c1-13-10-16-17(11-14(13)2)23-19(22-16)12-21-15-5-7-24(8-6-15)20(25)18-4-3-9-26-18/h10-11,15,18,21H,3-9,12H2,1-2H3,(H,22,23)/t18-/m0/s1. The number of carbonyl (C=O) groups excluding carboxylic acids is 1. The number of hydrogen-bond acceptors (Lipinski definition) is 4. The Balaban J connectivity index is 1.29. The minimum absolute atomic E-state index is 0.184. The Morgan fingerprint density at radius 2 is 2.04 bits per heavy atom. The SMILES string of the molecule is Cc1cc2nc(CNC3CCN(C(=O)[C@@H]4CCCO4)CC3)[nH]c2cc1C. The molecule has 6 nitrogen and oxygen atoms in total. The highest BCUT2D eigenvalue weighted by molar-refractivity contribution is 5.81. The summed E-state index contributed by atoms with van der Waals surface area (Å²) < 4.78 is 5.53. The zero-order chi connectivity index (χ0) is 18.1. The van der Waals surface area contributed by atoms with Gasteiger partial charge in [-0.15, -0.1) is 0 Å². The van der Waals surface area contributed by atoms with Crippen molar-refractivity contribution in [2.75, 3.05) is 19.7 Å². The van der Waals surface area contributed by atoms with Crippen molar-refractivity contribution in [3.05, 3.63) is 29.1 Å². The predicted molar refractivity (Wildman–Crippen MR) is 101 cm³/mol. The highest BCUT2D eigenvalue weighted by atomic mass is 16.5. The van der Waals surface area contributed by atoms with Crippen molar-refractivity contribution in [2.45, 2.75) is 58.2 Å². The molecule has 2 saturated heterocycles. The Bertz CT molecular complexity index is 747. The van der Waals surface area contributed by atoms with Crippen LogP contribution in [0.2, 0.25) is 0 Å². The number of fused-ring (bicyclic) bond motifs is 1. The Labute approximate surface area is 154 Å². The molecule has 0 aliphatic carbocycles. The lowest BCUT2D eigenvalue weighted by Crippen LogP contribution is -2.47. The summed E-state index contributed by atoms with van der Waals surface area (Å²) in [6, 6.07) is 4.73. The number of hydrogen-bond donors (Lipinski definition) is 2. The lowest BCUT2D eigenvalue weighted by Gasteiger charge is -2.33. The van der Waals surface area contributed by atoms with E-state index in [4.69, 9.17) is 9.72 Å². The summed E-state index contributed by atoms with van der Waals surface area (Å²) in [7, 11) is 0. The Morgan fingerprint density at radius 3 is 2.77 bits per heavy atom. The van der Waals surface area contributed by atoms with Crippen molar-refractivity contribution >= 4 is 16.9 Å². The monoisotopic (exact) mass is 356 g/mol. The first-order valence-electron chi connectivity index (χ1n) is 9.70. The maximum Gasteiger partial charge on any atom is 0.251 e. The van der Waals surface area contributed by atoms with E-state index in [0.29, 0.717) is 6.04 Å². The summed E-state index contributed by atoms with van der Waals surface area (Å²) >= 11 is 0. The lowest BCUT2D eigenvalue weighted by molar-refractivity contribution is -0.142. The van der Waals surface area contributed by atoms with Crippen molar-refractivity contribution in [3.63, 3.8) is 0 Å². The molecule has 2 aromatic rings. The molecular formula is C20H28N4O2. The van der Waals surface area contributed by atoms with Gasteiger partial charge < -0.3 is 19.9 Å². The third-order valence-corrected chi connectivity index (χ3v) is 5.72. The maximum absolute atomic E-state index is 12.4. The zero-order valence-electron chi connectivity index (χ0n) is 15.7. The van der Waals surface area contributed by atoms with E-state index in [9.17, 15) is 4.79 Å². The number of nitrogens with zero attached hydrogens (tertiary/aromatic N) is 2. The Hall–Kier alpha value is -1.92. The number of benzene rings is 1. The van der Waals surface area contributed by atoms with Crippen molar-refractivity contribution in [3.8, 4) is 0 Å². The lowest BCUT2D eigenvalue weighted by atomic mass is 10.0.